The van der Waals surface area contributed by atoms with Gasteiger partial charge in [-0.25, -0.2) is 15.8 Å². The fraction of sp³-hybridized carbons (Fsp3) is 0.714. The van der Waals surface area contributed by atoms with Crippen molar-refractivity contribution in [2.75, 3.05) is 5.43 Å². The maximum Gasteiger partial charge on any atom is 0.147 e. The van der Waals surface area contributed by atoms with Crippen LogP contribution in [0, 0.1) is 6.92 Å². The van der Waals surface area contributed by atoms with Gasteiger partial charge in [0.1, 0.15) is 11.6 Å². The molecule has 0 aromatic carbocycles. The molecular formula is C14H24N4S. The Morgan fingerprint density at radius 3 is 2.58 bits per heavy atom. The first-order valence-electron chi connectivity index (χ1n) is 7.07. The number of rotatable bonds is 5. The third kappa shape index (κ3) is 3.60. The van der Waals surface area contributed by atoms with Gasteiger partial charge in [0.15, 0.2) is 0 Å². The summed E-state index contributed by atoms with van der Waals surface area (Å²) in [6.07, 6.45) is 5.43. The first kappa shape index (κ1) is 14.6. The second-order valence-corrected chi connectivity index (χ2v) is 6.79. The quantitative estimate of drug-likeness (QED) is 0.639. The molecule has 1 aromatic rings. The highest BCUT2D eigenvalue weighted by Crippen LogP contribution is 2.32. The summed E-state index contributed by atoms with van der Waals surface area (Å²) in [5.74, 6) is 8.54. The van der Waals surface area contributed by atoms with E-state index in [1.165, 1.54) is 25.7 Å². The molecule has 106 valence electrons. The van der Waals surface area contributed by atoms with E-state index in [9.17, 15) is 0 Å². The van der Waals surface area contributed by atoms with Crippen molar-refractivity contribution in [3.63, 3.8) is 0 Å². The molecular weight excluding hydrogens is 256 g/mol. The van der Waals surface area contributed by atoms with Crippen LogP contribution in [-0.2, 0) is 5.75 Å². The average molecular weight is 280 g/mol. The minimum atomic E-state index is 0.377. The topological polar surface area (TPSA) is 63.8 Å². The number of hydrogen-bond donors (Lipinski definition) is 2. The van der Waals surface area contributed by atoms with E-state index in [2.05, 4.69) is 29.2 Å². The van der Waals surface area contributed by atoms with Gasteiger partial charge in [-0.15, -0.1) is 0 Å². The Kier molecular flexibility index (Phi) is 5.05. The third-order valence-electron chi connectivity index (χ3n) is 3.65. The highest BCUT2D eigenvalue weighted by molar-refractivity contribution is 7.99. The van der Waals surface area contributed by atoms with Crippen molar-refractivity contribution in [2.24, 2.45) is 5.84 Å². The van der Waals surface area contributed by atoms with Crippen LogP contribution >= 0.6 is 11.8 Å². The van der Waals surface area contributed by atoms with Gasteiger partial charge in [-0.2, -0.15) is 11.8 Å². The van der Waals surface area contributed by atoms with Crippen molar-refractivity contribution in [2.45, 2.75) is 63.4 Å². The van der Waals surface area contributed by atoms with Crippen LogP contribution in [0.1, 0.15) is 62.5 Å². The monoisotopic (exact) mass is 280 g/mol. The largest absolute Gasteiger partial charge is 0.308 e. The molecule has 0 radical (unpaired) electrons. The molecule has 1 saturated carbocycles. The average Bonchev–Trinajstić information content (AvgIpc) is 2.88. The Morgan fingerprint density at radius 2 is 2.00 bits per heavy atom. The van der Waals surface area contributed by atoms with Crippen LogP contribution < -0.4 is 11.3 Å². The van der Waals surface area contributed by atoms with Gasteiger partial charge in [0.05, 0.1) is 5.75 Å². The first-order valence-corrected chi connectivity index (χ1v) is 8.12. The maximum absolute atomic E-state index is 5.60. The standard InChI is InChI=1S/C14H24N4S/c1-9(2)13-10(3)16-12(17-14(13)18-15)8-19-11-6-4-5-7-11/h9,11H,4-8,15H2,1-3H3,(H,16,17,18). The van der Waals surface area contributed by atoms with Gasteiger partial charge in [-0.05, 0) is 25.7 Å². The third-order valence-corrected chi connectivity index (χ3v) is 5.01. The number of anilines is 1. The van der Waals surface area contributed by atoms with E-state index in [0.717, 1.165) is 33.9 Å². The smallest absolute Gasteiger partial charge is 0.147 e. The van der Waals surface area contributed by atoms with Crippen molar-refractivity contribution >= 4 is 17.6 Å². The number of hydrazine groups is 1. The second-order valence-electron chi connectivity index (χ2n) is 5.50. The predicted octanol–water partition coefficient (Wildman–Crippen LogP) is 3.37. The SMILES string of the molecule is Cc1nc(CSC2CCCC2)nc(NN)c1C(C)C. The normalized spacial score (nSPS) is 16.3. The van der Waals surface area contributed by atoms with E-state index >= 15 is 0 Å². The van der Waals surface area contributed by atoms with Crippen LogP contribution in [0.4, 0.5) is 5.82 Å². The summed E-state index contributed by atoms with van der Waals surface area (Å²) in [6, 6.07) is 0. The zero-order chi connectivity index (χ0) is 13.8. The van der Waals surface area contributed by atoms with E-state index in [1.807, 2.05) is 18.7 Å². The number of thioether (sulfide) groups is 1. The molecule has 0 saturated heterocycles. The second kappa shape index (κ2) is 6.57. The van der Waals surface area contributed by atoms with E-state index in [4.69, 9.17) is 5.84 Å². The Labute approximate surface area is 119 Å². The van der Waals surface area contributed by atoms with Gasteiger partial charge in [0, 0.05) is 16.5 Å². The van der Waals surface area contributed by atoms with E-state index in [0.29, 0.717) is 5.92 Å². The number of nitrogens with one attached hydrogen (secondary N) is 1. The van der Waals surface area contributed by atoms with E-state index in [1.54, 1.807) is 0 Å². The Bertz CT molecular complexity index is 428. The van der Waals surface area contributed by atoms with Crippen molar-refractivity contribution in [3.05, 3.63) is 17.1 Å². The van der Waals surface area contributed by atoms with Crippen LogP contribution in [0.15, 0.2) is 0 Å². The van der Waals surface area contributed by atoms with Gasteiger partial charge >= 0.3 is 0 Å². The molecule has 1 heterocycles. The molecule has 1 aliphatic rings. The molecule has 4 nitrogen and oxygen atoms in total. The molecule has 19 heavy (non-hydrogen) atoms. The number of nitrogens with zero attached hydrogens (tertiary/aromatic N) is 2. The minimum Gasteiger partial charge on any atom is -0.308 e. The lowest BCUT2D eigenvalue weighted by Gasteiger charge is -2.16. The maximum atomic E-state index is 5.60. The minimum absolute atomic E-state index is 0.377. The highest BCUT2D eigenvalue weighted by Gasteiger charge is 2.18. The summed E-state index contributed by atoms with van der Waals surface area (Å²) in [6.45, 7) is 6.32. The van der Waals surface area contributed by atoms with Crippen LogP contribution in [0.2, 0.25) is 0 Å². The summed E-state index contributed by atoms with van der Waals surface area (Å²) < 4.78 is 0. The molecule has 3 N–H and O–H groups in total. The zero-order valence-corrected chi connectivity index (χ0v) is 12.9. The first-order chi connectivity index (χ1) is 9.11. The fourth-order valence-electron chi connectivity index (χ4n) is 2.75. The van der Waals surface area contributed by atoms with Crippen LogP contribution in [0.5, 0.6) is 0 Å². The summed E-state index contributed by atoms with van der Waals surface area (Å²) in [5.41, 5.74) is 4.89. The van der Waals surface area contributed by atoms with Crippen molar-refractivity contribution in [1.29, 1.82) is 0 Å². The Balaban J connectivity index is 2.10. The van der Waals surface area contributed by atoms with Crippen molar-refractivity contribution in [3.8, 4) is 0 Å². The van der Waals surface area contributed by atoms with Crippen molar-refractivity contribution in [1.82, 2.24) is 9.97 Å². The predicted molar refractivity (Wildman–Crippen MR) is 82.2 cm³/mol. The number of hydrogen-bond acceptors (Lipinski definition) is 5. The number of aromatic nitrogens is 2. The molecule has 5 heteroatoms. The highest BCUT2D eigenvalue weighted by atomic mass is 32.2. The van der Waals surface area contributed by atoms with E-state index in [-0.39, 0.29) is 0 Å². The van der Waals surface area contributed by atoms with Crippen LogP contribution in [0.3, 0.4) is 0 Å². The number of nitrogen functional groups attached to an aromatic ring is 1. The molecule has 2 rings (SSSR count). The lowest BCUT2D eigenvalue weighted by molar-refractivity contribution is 0.817. The van der Waals surface area contributed by atoms with Gasteiger partial charge in [-0.3, -0.25) is 0 Å². The van der Waals surface area contributed by atoms with E-state index < -0.39 is 0 Å². The summed E-state index contributed by atoms with van der Waals surface area (Å²) in [4.78, 5) is 9.20. The lowest BCUT2D eigenvalue weighted by Crippen LogP contribution is -2.15. The van der Waals surface area contributed by atoms with Gasteiger partial charge in [0.2, 0.25) is 0 Å². The molecule has 1 aromatic heterocycles. The molecule has 0 amide bonds. The van der Waals surface area contributed by atoms with Crippen LogP contribution in [-0.4, -0.2) is 15.2 Å². The van der Waals surface area contributed by atoms with Gasteiger partial charge in [-0.1, -0.05) is 26.7 Å². The molecule has 0 bridgehead atoms. The zero-order valence-electron chi connectivity index (χ0n) is 12.1. The summed E-state index contributed by atoms with van der Waals surface area (Å²) >= 11 is 1.99. The fourth-order valence-corrected chi connectivity index (χ4v) is 3.93. The Morgan fingerprint density at radius 1 is 1.32 bits per heavy atom. The van der Waals surface area contributed by atoms with Crippen molar-refractivity contribution < 1.29 is 0 Å². The molecule has 1 aliphatic carbocycles. The molecule has 1 fully saturated rings. The molecule has 0 unspecified atom stereocenters. The lowest BCUT2D eigenvalue weighted by atomic mass is 10.0. The van der Waals surface area contributed by atoms with Crippen LogP contribution in [0.25, 0.3) is 0 Å². The Hall–Kier alpha value is -0.810. The van der Waals surface area contributed by atoms with Gasteiger partial charge in [0.25, 0.3) is 0 Å². The molecule has 0 spiro atoms. The summed E-state index contributed by atoms with van der Waals surface area (Å²) in [5, 5.41) is 0.794. The number of aryl methyl sites for hydroxylation is 1. The molecule has 0 atom stereocenters. The molecule has 0 aliphatic heterocycles. The number of nitrogens with two attached hydrogens (primary N) is 1. The van der Waals surface area contributed by atoms with Gasteiger partial charge < -0.3 is 5.43 Å². The summed E-state index contributed by atoms with van der Waals surface area (Å²) in [7, 11) is 0.